The molecule has 3 rings (SSSR count). The Balaban J connectivity index is 1.59. The predicted octanol–water partition coefficient (Wildman–Crippen LogP) is 4.26. The van der Waals surface area contributed by atoms with Crippen LogP contribution in [-0.2, 0) is 5.41 Å². The normalized spacial score (nSPS) is 24.2. The molecule has 2 aromatic rings. The summed E-state index contributed by atoms with van der Waals surface area (Å²) in [7, 11) is 0. The number of aromatic hydroxyl groups is 1. The largest absolute Gasteiger partial charge is 0.508 e. The van der Waals surface area contributed by atoms with E-state index >= 15 is 0 Å². The summed E-state index contributed by atoms with van der Waals surface area (Å²) >= 11 is 0. The summed E-state index contributed by atoms with van der Waals surface area (Å²) in [6.45, 7) is 7.34. The highest BCUT2D eigenvalue weighted by molar-refractivity contribution is 5.96. The molecule has 3 heteroatoms. The minimum Gasteiger partial charge on any atom is -0.508 e. The Labute approximate surface area is 150 Å². The highest BCUT2D eigenvalue weighted by Gasteiger charge is 2.38. The molecule has 2 aromatic carbocycles. The van der Waals surface area contributed by atoms with Gasteiger partial charge in [-0.05, 0) is 42.0 Å². The van der Waals surface area contributed by atoms with Gasteiger partial charge in [0.05, 0.1) is 0 Å². The monoisotopic (exact) mass is 337 g/mol. The smallest absolute Gasteiger partial charge is 0.164 e. The molecule has 3 nitrogen and oxygen atoms in total. The third kappa shape index (κ3) is 3.93. The van der Waals surface area contributed by atoms with Crippen LogP contribution in [0.1, 0.15) is 42.6 Å². The highest BCUT2D eigenvalue weighted by Crippen LogP contribution is 2.40. The molecule has 1 saturated heterocycles. The molecule has 1 aliphatic rings. The zero-order valence-electron chi connectivity index (χ0n) is 15.1. The molecule has 0 aromatic heterocycles. The molecule has 1 N–H and O–H groups in total. The lowest BCUT2D eigenvalue weighted by molar-refractivity contribution is 0.0887. The van der Waals surface area contributed by atoms with Crippen LogP contribution in [-0.4, -0.2) is 35.4 Å². The molecular formula is C22H27NO2. The number of hydrogen-bond donors (Lipinski definition) is 1. The van der Waals surface area contributed by atoms with Crippen molar-refractivity contribution in [2.24, 2.45) is 5.92 Å². The van der Waals surface area contributed by atoms with Crippen LogP contribution in [0.25, 0.3) is 0 Å². The number of likely N-dealkylation sites (tertiary alicyclic amines) is 1. The third-order valence-corrected chi connectivity index (χ3v) is 5.82. The molecule has 1 aliphatic heterocycles. The Kier molecular flexibility index (Phi) is 5.24. The summed E-state index contributed by atoms with van der Waals surface area (Å²) in [5.41, 5.74) is 2.08. The zero-order chi connectivity index (χ0) is 17.9. The molecule has 0 saturated carbocycles. The van der Waals surface area contributed by atoms with E-state index in [1.54, 1.807) is 6.07 Å². The minimum absolute atomic E-state index is 0.0681. The van der Waals surface area contributed by atoms with Gasteiger partial charge in [0.2, 0.25) is 0 Å². The number of rotatable bonds is 5. The maximum absolute atomic E-state index is 12.3. The molecule has 1 fully saturated rings. The van der Waals surface area contributed by atoms with Crippen molar-refractivity contribution >= 4 is 5.78 Å². The Bertz CT molecular complexity index is 728. The fraction of sp³-hybridized carbons (Fsp3) is 0.409. The van der Waals surface area contributed by atoms with Crippen LogP contribution in [0.5, 0.6) is 5.75 Å². The van der Waals surface area contributed by atoms with Crippen LogP contribution in [0, 0.1) is 5.92 Å². The van der Waals surface area contributed by atoms with E-state index in [0.717, 1.165) is 31.6 Å². The predicted molar refractivity (Wildman–Crippen MR) is 101 cm³/mol. The first kappa shape index (κ1) is 17.7. The second-order valence-corrected chi connectivity index (χ2v) is 7.46. The molecule has 1 heterocycles. The number of hydrogen-bond acceptors (Lipinski definition) is 3. The summed E-state index contributed by atoms with van der Waals surface area (Å²) in [4.78, 5) is 14.7. The van der Waals surface area contributed by atoms with E-state index in [9.17, 15) is 9.90 Å². The van der Waals surface area contributed by atoms with E-state index in [0.29, 0.717) is 18.1 Å². The van der Waals surface area contributed by atoms with Crippen molar-refractivity contribution in [3.63, 3.8) is 0 Å². The summed E-state index contributed by atoms with van der Waals surface area (Å²) in [5, 5.41) is 9.80. The number of phenols is 1. The summed E-state index contributed by atoms with van der Waals surface area (Å²) in [5.74, 6) is 1.02. The molecule has 25 heavy (non-hydrogen) atoms. The summed E-state index contributed by atoms with van der Waals surface area (Å²) in [6, 6.07) is 17.2. The van der Waals surface area contributed by atoms with Crippen molar-refractivity contribution in [1.29, 1.82) is 0 Å². The highest BCUT2D eigenvalue weighted by atomic mass is 16.3. The number of Topliss-reactive ketones (excluding diaryl/α,β-unsaturated/α-hetero) is 1. The van der Waals surface area contributed by atoms with Crippen LogP contribution in [0.2, 0.25) is 0 Å². The molecule has 0 amide bonds. The quantitative estimate of drug-likeness (QED) is 0.829. The molecule has 0 spiro atoms. The molecular weight excluding hydrogens is 310 g/mol. The van der Waals surface area contributed by atoms with Crippen molar-refractivity contribution in [3.05, 3.63) is 65.7 Å². The summed E-state index contributed by atoms with van der Waals surface area (Å²) < 4.78 is 0. The fourth-order valence-corrected chi connectivity index (χ4v) is 3.84. The van der Waals surface area contributed by atoms with Gasteiger partial charge in [0.15, 0.2) is 5.78 Å². The Hall–Kier alpha value is -2.13. The van der Waals surface area contributed by atoms with Gasteiger partial charge in [0, 0.05) is 25.1 Å². The number of carbonyl (C=O) groups excluding carboxylic acids is 1. The zero-order valence-corrected chi connectivity index (χ0v) is 15.1. The van der Waals surface area contributed by atoms with E-state index in [4.69, 9.17) is 0 Å². The van der Waals surface area contributed by atoms with Crippen molar-refractivity contribution < 1.29 is 9.90 Å². The van der Waals surface area contributed by atoms with Crippen LogP contribution < -0.4 is 0 Å². The van der Waals surface area contributed by atoms with Crippen molar-refractivity contribution in [2.45, 2.75) is 32.1 Å². The maximum atomic E-state index is 12.3. The Morgan fingerprint density at radius 1 is 1.20 bits per heavy atom. The van der Waals surface area contributed by atoms with Gasteiger partial charge in [-0.3, -0.25) is 4.79 Å². The molecule has 2 atom stereocenters. The van der Waals surface area contributed by atoms with Gasteiger partial charge in [0.25, 0.3) is 0 Å². The number of benzene rings is 2. The SMILES string of the molecule is C[C@H]1CN(CCC(=O)c2ccccc2)CC[C@]1(C)c1cccc(O)c1. The number of carbonyl (C=O) groups is 1. The van der Waals surface area contributed by atoms with Gasteiger partial charge in [-0.2, -0.15) is 0 Å². The van der Waals surface area contributed by atoms with Gasteiger partial charge >= 0.3 is 0 Å². The minimum atomic E-state index is 0.0681. The van der Waals surface area contributed by atoms with E-state index in [1.165, 1.54) is 5.56 Å². The molecule has 0 bridgehead atoms. The first-order valence-electron chi connectivity index (χ1n) is 9.09. The van der Waals surface area contributed by atoms with Crippen molar-refractivity contribution in [2.75, 3.05) is 19.6 Å². The first-order chi connectivity index (χ1) is 12.0. The van der Waals surface area contributed by atoms with E-state index in [1.807, 2.05) is 42.5 Å². The average molecular weight is 337 g/mol. The molecule has 132 valence electrons. The topological polar surface area (TPSA) is 40.5 Å². The lowest BCUT2D eigenvalue weighted by Gasteiger charge is -2.45. The van der Waals surface area contributed by atoms with Gasteiger partial charge in [-0.15, -0.1) is 0 Å². The lowest BCUT2D eigenvalue weighted by Crippen LogP contribution is -2.47. The van der Waals surface area contributed by atoms with Crippen LogP contribution in [0.4, 0.5) is 0 Å². The molecule has 0 radical (unpaired) electrons. The van der Waals surface area contributed by atoms with Crippen molar-refractivity contribution in [1.82, 2.24) is 4.90 Å². The van der Waals surface area contributed by atoms with Gasteiger partial charge in [-0.1, -0.05) is 56.3 Å². The van der Waals surface area contributed by atoms with Crippen LogP contribution in [0.15, 0.2) is 54.6 Å². The fourth-order valence-electron chi connectivity index (χ4n) is 3.84. The van der Waals surface area contributed by atoms with Crippen LogP contribution >= 0.6 is 0 Å². The molecule has 0 unspecified atom stereocenters. The van der Waals surface area contributed by atoms with Gasteiger partial charge < -0.3 is 10.0 Å². The number of piperidine rings is 1. The Morgan fingerprint density at radius 2 is 1.96 bits per heavy atom. The maximum Gasteiger partial charge on any atom is 0.164 e. The second kappa shape index (κ2) is 7.40. The number of ketones is 1. The van der Waals surface area contributed by atoms with Crippen LogP contribution in [0.3, 0.4) is 0 Å². The van der Waals surface area contributed by atoms with Gasteiger partial charge in [-0.25, -0.2) is 0 Å². The third-order valence-electron chi connectivity index (χ3n) is 5.82. The van der Waals surface area contributed by atoms with Crippen molar-refractivity contribution in [3.8, 4) is 5.75 Å². The van der Waals surface area contributed by atoms with E-state index in [2.05, 4.69) is 24.8 Å². The number of phenolic OH excluding ortho intramolecular Hbond substituents is 1. The number of nitrogens with zero attached hydrogens (tertiary/aromatic N) is 1. The van der Waals surface area contributed by atoms with E-state index in [-0.39, 0.29) is 11.2 Å². The lowest BCUT2D eigenvalue weighted by atomic mass is 9.68. The summed E-state index contributed by atoms with van der Waals surface area (Å²) in [6.07, 6.45) is 1.61. The molecule has 0 aliphatic carbocycles. The van der Waals surface area contributed by atoms with Gasteiger partial charge in [0.1, 0.15) is 5.75 Å². The first-order valence-corrected chi connectivity index (χ1v) is 9.09. The van der Waals surface area contributed by atoms with E-state index < -0.39 is 0 Å². The standard InChI is InChI=1S/C22H27NO2/c1-17-16-23(13-11-21(25)18-7-4-3-5-8-18)14-12-22(17,2)19-9-6-10-20(24)15-19/h3-10,15,17,24H,11-14,16H2,1-2H3/t17-,22-/m0/s1. The average Bonchev–Trinajstić information content (AvgIpc) is 2.63. The second-order valence-electron chi connectivity index (χ2n) is 7.46. The Morgan fingerprint density at radius 3 is 2.64 bits per heavy atom.